The average molecular weight is 455 g/mol. The van der Waals surface area contributed by atoms with E-state index in [0.29, 0.717) is 42.3 Å². The van der Waals surface area contributed by atoms with Gasteiger partial charge in [0.25, 0.3) is 5.91 Å². The molecule has 1 fully saturated rings. The maximum absolute atomic E-state index is 12.5. The molecule has 4 rings (SSSR count). The van der Waals surface area contributed by atoms with E-state index in [0.717, 1.165) is 5.56 Å². The van der Waals surface area contributed by atoms with Crippen LogP contribution in [-0.4, -0.2) is 46.1 Å². The van der Waals surface area contributed by atoms with Gasteiger partial charge in [-0.3, -0.25) is 14.5 Å². The number of carbonyl (C=O) groups excluding carboxylic acids is 1. The zero-order valence-corrected chi connectivity index (χ0v) is 18.2. The Morgan fingerprint density at radius 2 is 1.91 bits per heavy atom. The lowest BCUT2D eigenvalue weighted by atomic mass is 10.1. The number of hydrogen-bond donors (Lipinski definition) is 2. The van der Waals surface area contributed by atoms with Gasteiger partial charge in [0.2, 0.25) is 21.9 Å². The number of hydrogen-bond acceptors (Lipinski definition) is 8. The second-order valence-electron chi connectivity index (χ2n) is 7.15. The third kappa shape index (κ3) is 5.35. The molecule has 2 heterocycles. The first-order valence-corrected chi connectivity index (χ1v) is 11.7. The van der Waals surface area contributed by atoms with Crippen molar-refractivity contribution in [1.29, 1.82) is 0 Å². The molecule has 2 aromatic heterocycles. The summed E-state index contributed by atoms with van der Waals surface area (Å²) in [5.74, 6) is 0.156. The van der Waals surface area contributed by atoms with E-state index in [4.69, 9.17) is 4.74 Å². The van der Waals surface area contributed by atoms with Gasteiger partial charge in [0, 0.05) is 17.3 Å². The molecule has 1 amide bonds. The number of anilines is 1. The third-order valence-corrected chi connectivity index (χ3v) is 6.50. The molecule has 11 heteroatoms. The maximum atomic E-state index is 12.5. The van der Waals surface area contributed by atoms with E-state index < -0.39 is 10.0 Å². The highest BCUT2D eigenvalue weighted by Crippen LogP contribution is 2.29. The monoisotopic (exact) mass is 454 g/mol. The summed E-state index contributed by atoms with van der Waals surface area (Å²) >= 11 is 0. The minimum Gasteiger partial charge on any atom is -0.477 e. The smallest absolute Gasteiger partial charge is 0.251 e. The summed E-state index contributed by atoms with van der Waals surface area (Å²) in [6, 6.07) is 8.56. The zero-order chi connectivity index (χ0) is 22.6. The molecule has 0 spiro atoms. The van der Waals surface area contributed by atoms with Crippen LogP contribution in [0, 0.1) is 0 Å². The van der Waals surface area contributed by atoms with Gasteiger partial charge in [-0.25, -0.2) is 23.4 Å². The van der Waals surface area contributed by atoms with Crippen molar-refractivity contribution < 1.29 is 17.9 Å². The van der Waals surface area contributed by atoms with Crippen LogP contribution < -0.4 is 14.8 Å². The van der Waals surface area contributed by atoms with E-state index >= 15 is 0 Å². The summed E-state index contributed by atoms with van der Waals surface area (Å²) in [5.41, 5.74) is 2.40. The van der Waals surface area contributed by atoms with Crippen LogP contribution in [0.4, 0.5) is 5.95 Å². The molecule has 3 aromatic rings. The molecule has 0 atom stereocenters. The molecule has 1 aliphatic rings. The van der Waals surface area contributed by atoms with Gasteiger partial charge >= 0.3 is 0 Å². The van der Waals surface area contributed by atoms with Crippen molar-refractivity contribution in [3.63, 3.8) is 0 Å². The molecule has 0 unspecified atom stereocenters. The molecule has 0 bridgehead atoms. The molecule has 32 heavy (non-hydrogen) atoms. The quantitative estimate of drug-likeness (QED) is 0.502. The van der Waals surface area contributed by atoms with Crippen LogP contribution in [0.25, 0.3) is 11.3 Å². The summed E-state index contributed by atoms with van der Waals surface area (Å²) in [7, 11) is -3.44. The molecule has 10 nitrogen and oxygen atoms in total. The Balaban J connectivity index is 1.37. The van der Waals surface area contributed by atoms with Crippen LogP contribution in [0.3, 0.4) is 0 Å². The lowest BCUT2D eigenvalue weighted by Gasteiger charge is -2.08. The lowest BCUT2D eigenvalue weighted by molar-refractivity contribution is 0.0950. The first kappa shape index (κ1) is 21.6. The standard InChI is InChI=1S/C21H22N6O4S/c1-2-31-19-13-22-12-18(26-19)14-3-5-15(6-4-14)20(28)24-11-16-9-10-23-21(25-16)27-32(29,30)17-7-8-17/h3-6,9-10,12-13,17H,2,7-8,11H2,1H3,(H,24,28)(H,23,25,27). The van der Waals surface area contributed by atoms with Crippen LogP contribution in [0.2, 0.25) is 0 Å². The third-order valence-electron chi connectivity index (χ3n) is 4.69. The van der Waals surface area contributed by atoms with Crippen molar-refractivity contribution in [2.24, 2.45) is 0 Å². The molecular formula is C21H22N6O4S. The van der Waals surface area contributed by atoms with Crippen molar-refractivity contribution in [3.05, 3.63) is 60.2 Å². The summed E-state index contributed by atoms with van der Waals surface area (Å²) < 4.78 is 31.8. The van der Waals surface area contributed by atoms with Gasteiger partial charge in [-0.15, -0.1) is 0 Å². The van der Waals surface area contributed by atoms with Gasteiger partial charge in [-0.05, 0) is 38.0 Å². The largest absolute Gasteiger partial charge is 0.477 e. The van der Waals surface area contributed by atoms with Crippen molar-refractivity contribution >= 4 is 21.9 Å². The number of nitrogens with one attached hydrogen (secondary N) is 2. The van der Waals surface area contributed by atoms with Crippen LogP contribution in [0.1, 0.15) is 35.8 Å². The Kier molecular flexibility index (Phi) is 6.26. The highest BCUT2D eigenvalue weighted by Gasteiger charge is 2.36. The van der Waals surface area contributed by atoms with Crippen LogP contribution in [0.5, 0.6) is 5.88 Å². The van der Waals surface area contributed by atoms with E-state index in [1.807, 2.05) is 6.92 Å². The molecule has 0 radical (unpaired) electrons. The van der Waals surface area contributed by atoms with Gasteiger partial charge in [0.05, 0.1) is 42.2 Å². The number of aromatic nitrogens is 4. The molecule has 1 aromatic carbocycles. The minimum absolute atomic E-state index is 0.00314. The highest BCUT2D eigenvalue weighted by atomic mass is 32.2. The fourth-order valence-corrected chi connectivity index (χ4v) is 4.18. The topological polar surface area (TPSA) is 136 Å². The number of amides is 1. The summed E-state index contributed by atoms with van der Waals surface area (Å²) in [4.78, 5) is 29.1. The lowest BCUT2D eigenvalue weighted by Crippen LogP contribution is -2.24. The predicted octanol–water partition coefficient (Wildman–Crippen LogP) is 2.17. The SMILES string of the molecule is CCOc1cncc(-c2ccc(C(=O)NCc3ccnc(NS(=O)(=O)C4CC4)n3)cc2)n1. The predicted molar refractivity (Wildman–Crippen MR) is 117 cm³/mol. The van der Waals surface area contributed by atoms with Gasteiger partial charge in [0.15, 0.2) is 0 Å². The van der Waals surface area contributed by atoms with Crippen LogP contribution in [-0.2, 0) is 16.6 Å². The summed E-state index contributed by atoms with van der Waals surface area (Å²) in [6.07, 6.45) is 5.92. The second-order valence-corrected chi connectivity index (χ2v) is 9.11. The first-order valence-electron chi connectivity index (χ1n) is 10.1. The average Bonchev–Trinajstić information content (AvgIpc) is 3.64. The summed E-state index contributed by atoms with van der Waals surface area (Å²) in [6.45, 7) is 2.50. The van der Waals surface area contributed by atoms with Crippen molar-refractivity contribution in [3.8, 4) is 17.1 Å². The van der Waals surface area contributed by atoms with Gasteiger partial charge in [-0.2, -0.15) is 0 Å². The zero-order valence-electron chi connectivity index (χ0n) is 17.4. The molecular weight excluding hydrogens is 432 g/mol. The molecule has 0 saturated heterocycles. The van der Waals surface area contributed by atoms with Crippen molar-refractivity contribution in [2.45, 2.75) is 31.6 Å². The number of rotatable bonds is 9. The highest BCUT2D eigenvalue weighted by molar-refractivity contribution is 7.93. The molecule has 2 N–H and O–H groups in total. The number of benzene rings is 1. The normalized spacial score (nSPS) is 13.4. The number of sulfonamides is 1. The van der Waals surface area contributed by atoms with E-state index in [2.05, 4.69) is 30.0 Å². The Morgan fingerprint density at radius 1 is 1.12 bits per heavy atom. The van der Waals surface area contributed by atoms with Gasteiger partial charge in [-0.1, -0.05) is 12.1 Å². The maximum Gasteiger partial charge on any atom is 0.251 e. The van der Waals surface area contributed by atoms with Gasteiger partial charge < -0.3 is 10.1 Å². The number of nitrogens with zero attached hydrogens (tertiary/aromatic N) is 4. The Bertz CT molecular complexity index is 1210. The fourth-order valence-electron chi connectivity index (χ4n) is 2.90. The van der Waals surface area contributed by atoms with Crippen LogP contribution >= 0.6 is 0 Å². The minimum atomic E-state index is -3.44. The Labute approximate surface area is 185 Å². The molecule has 0 aliphatic heterocycles. The molecule has 166 valence electrons. The van der Waals surface area contributed by atoms with E-state index in [1.54, 1.807) is 42.7 Å². The van der Waals surface area contributed by atoms with Crippen molar-refractivity contribution in [2.75, 3.05) is 11.3 Å². The van der Waals surface area contributed by atoms with Gasteiger partial charge in [0.1, 0.15) is 0 Å². The molecule has 1 saturated carbocycles. The second kappa shape index (κ2) is 9.27. The Hall–Kier alpha value is -3.60. The van der Waals surface area contributed by atoms with Crippen LogP contribution in [0.15, 0.2) is 48.9 Å². The fraction of sp³-hybridized carbons (Fsp3) is 0.286. The van der Waals surface area contributed by atoms with E-state index in [1.165, 1.54) is 6.20 Å². The van der Waals surface area contributed by atoms with Crippen molar-refractivity contribution in [1.82, 2.24) is 25.3 Å². The molecule has 1 aliphatic carbocycles. The number of ether oxygens (including phenoxy) is 1. The van der Waals surface area contributed by atoms with E-state index in [9.17, 15) is 13.2 Å². The van der Waals surface area contributed by atoms with E-state index in [-0.39, 0.29) is 23.7 Å². The number of carbonyl (C=O) groups is 1. The first-order chi connectivity index (χ1) is 15.4. The summed E-state index contributed by atoms with van der Waals surface area (Å²) in [5, 5.41) is 2.40. The Morgan fingerprint density at radius 3 is 2.62 bits per heavy atom.